The lowest BCUT2D eigenvalue weighted by Gasteiger charge is -2.08. The Hall–Kier alpha value is -1.37. The van der Waals surface area contributed by atoms with E-state index in [0.29, 0.717) is 0 Å². The van der Waals surface area contributed by atoms with Gasteiger partial charge in [-0.2, -0.15) is 0 Å². The largest absolute Gasteiger partial charge is 0.294 e. The number of Topliss-reactive ketones (excluding diaryl/α,β-unsaturated/α-hetero) is 1. The second kappa shape index (κ2) is 2.84. The Morgan fingerprint density at radius 1 is 1.38 bits per heavy atom. The molecule has 2 atom stereocenters. The van der Waals surface area contributed by atoms with Crippen molar-refractivity contribution in [2.75, 3.05) is 0 Å². The van der Waals surface area contributed by atoms with Crippen molar-refractivity contribution in [1.29, 1.82) is 0 Å². The van der Waals surface area contributed by atoms with E-state index in [4.69, 9.17) is 0 Å². The average molecular weight is 172 g/mol. The first-order chi connectivity index (χ1) is 6.25. The summed E-state index contributed by atoms with van der Waals surface area (Å²) < 4.78 is 0. The maximum absolute atomic E-state index is 11.7. The van der Waals surface area contributed by atoms with E-state index in [1.807, 2.05) is 37.3 Å². The number of hydrogen-bond acceptors (Lipinski definition) is 1. The molecule has 2 rings (SSSR count). The van der Waals surface area contributed by atoms with Gasteiger partial charge < -0.3 is 0 Å². The SMILES string of the molecule is C=C[C@@H]1c2ccccc2C(=O)[C@H]1C. The first kappa shape index (κ1) is 8.24. The van der Waals surface area contributed by atoms with Crippen LogP contribution in [-0.4, -0.2) is 5.78 Å². The van der Waals surface area contributed by atoms with Gasteiger partial charge in [-0.3, -0.25) is 4.79 Å². The van der Waals surface area contributed by atoms with Gasteiger partial charge in [-0.1, -0.05) is 37.3 Å². The van der Waals surface area contributed by atoms with Crippen LogP contribution in [0.2, 0.25) is 0 Å². The minimum atomic E-state index is 0.0647. The fourth-order valence-electron chi connectivity index (χ4n) is 2.02. The van der Waals surface area contributed by atoms with Gasteiger partial charge in [-0.05, 0) is 5.56 Å². The minimum Gasteiger partial charge on any atom is -0.294 e. The van der Waals surface area contributed by atoms with Crippen LogP contribution in [0.25, 0.3) is 0 Å². The summed E-state index contributed by atoms with van der Waals surface area (Å²) in [6, 6.07) is 7.80. The summed E-state index contributed by atoms with van der Waals surface area (Å²) in [7, 11) is 0. The van der Waals surface area contributed by atoms with Crippen LogP contribution in [0.1, 0.15) is 28.8 Å². The lowest BCUT2D eigenvalue weighted by atomic mass is 9.94. The fraction of sp³-hybridized carbons (Fsp3) is 0.250. The van der Waals surface area contributed by atoms with E-state index in [0.717, 1.165) is 11.1 Å². The van der Waals surface area contributed by atoms with Gasteiger partial charge in [0.15, 0.2) is 5.78 Å². The maximum atomic E-state index is 11.7. The molecule has 0 bridgehead atoms. The number of carbonyl (C=O) groups is 1. The van der Waals surface area contributed by atoms with Gasteiger partial charge in [-0.15, -0.1) is 6.58 Å². The summed E-state index contributed by atoms with van der Waals surface area (Å²) in [5.41, 5.74) is 2.01. The molecule has 0 fully saturated rings. The maximum Gasteiger partial charge on any atom is 0.166 e. The van der Waals surface area contributed by atoms with Gasteiger partial charge in [0, 0.05) is 17.4 Å². The Bertz CT molecular complexity index is 365. The Morgan fingerprint density at radius 2 is 2.08 bits per heavy atom. The molecule has 1 aliphatic rings. The topological polar surface area (TPSA) is 17.1 Å². The van der Waals surface area contributed by atoms with Gasteiger partial charge in [-0.25, -0.2) is 0 Å². The van der Waals surface area contributed by atoms with E-state index in [1.165, 1.54) is 0 Å². The molecule has 0 saturated carbocycles. The molecule has 0 spiro atoms. The van der Waals surface area contributed by atoms with Crippen molar-refractivity contribution in [3.63, 3.8) is 0 Å². The highest BCUT2D eigenvalue weighted by molar-refractivity contribution is 6.03. The molecule has 1 aromatic carbocycles. The Balaban J connectivity index is 2.59. The van der Waals surface area contributed by atoms with Crippen molar-refractivity contribution >= 4 is 5.78 Å². The molecule has 0 heterocycles. The van der Waals surface area contributed by atoms with Crippen LogP contribution in [0.4, 0.5) is 0 Å². The molecule has 1 nitrogen and oxygen atoms in total. The molecule has 1 aromatic rings. The molecule has 0 aliphatic heterocycles. The number of ketones is 1. The van der Waals surface area contributed by atoms with Crippen LogP contribution in [0, 0.1) is 5.92 Å². The monoisotopic (exact) mass is 172 g/mol. The Kier molecular flexibility index (Phi) is 1.80. The third kappa shape index (κ3) is 1.04. The first-order valence-corrected chi connectivity index (χ1v) is 4.51. The molecule has 0 N–H and O–H groups in total. The Labute approximate surface area is 78.1 Å². The number of hydrogen-bond donors (Lipinski definition) is 0. The van der Waals surface area contributed by atoms with Gasteiger partial charge in [0.2, 0.25) is 0 Å². The molecule has 0 amide bonds. The van der Waals surface area contributed by atoms with Gasteiger partial charge in [0.1, 0.15) is 0 Å². The molecule has 0 radical (unpaired) electrons. The third-order valence-corrected chi connectivity index (χ3v) is 2.79. The number of benzene rings is 1. The summed E-state index contributed by atoms with van der Waals surface area (Å²) in [6.45, 7) is 5.74. The summed E-state index contributed by atoms with van der Waals surface area (Å²) in [4.78, 5) is 11.7. The van der Waals surface area contributed by atoms with Crippen LogP contribution >= 0.6 is 0 Å². The van der Waals surface area contributed by atoms with Crippen molar-refractivity contribution < 1.29 is 4.79 Å². The summed E-state index contributed by atoms with van der Waals surface area (Å²) in [6.07, 6.45) is 1.87. The van der Waals surface area contributed by atoms with Gasteiger partial charge in [0.05, 0.1) is 0 Å². The third-order valence-electron chi connectivity index (χ3n) is 2.79. The molecule has 0 saturated heterocycles. The number of carbonyl (C=O) groups excluding carboxylic acids is 1. The molecule has 0 aromatic heterocycles. The van der Waals surface area contributed by atoms with E-state index >= 15 is 0 Å². The highest BCUT2D eigenvalue weighted by Gasteiger charge is 2.33. The fourth-order valence-corrected chi connectivity index (χ4v) is 2.02. The van der Waals surface area contributed by atoms with Gasteiger partial charge >= 0.3 is 0 Å². The van der Waals surface area contributed by atoms with Crippen LogP contribution in [-0.2, 0) is 0 Å². The number of fused-ring (bicyclic) bond motifs is 1. The Morgan fingerprint density at radius 3 is 2.77 bits per heavy atom. The van der Waals surface area contributed by atoms with E-state index in [-0.39, 0.29) is 17.6 Å². The van der Waals surface area contributed by atoms with E-state index in [1.54, 1.807) is 0 Å². The molecular formula is C12H12O. The first-order valence-electron chi connectivity index (χ1n) is 4.51. The highest BCUT2D eigenvalue weighted by atomic mass is 16.1. The molecule has 1 heteroatoms. The summed E-state index contributed by atoms with van der Waals surface area (Å²) in [5.74, 6) is 0.527. The summed E-state index contributed by atoms with van der Waals surface area (Å²) >= 11 is 0. The van der Waals surface area contributed by atoms with Crippen molar-refractivity contribution in [1.82, 2.24) is 0 Å². The lowest BCUT2D eigenvalue weighted by Crippen LogP contribution is -2.06. The minimum absolute atomic E-state index is 0.0647. The smallest absolute Gasteiger partial charge is 0.166 e. The molecule has 13 heavy (non-hydrogen) atoms. The second-order valence-electron chi connectivity index (χ2n) is 3.50. The zero-order valence-corrected chi connectivity index (χ0v) is 7.66. The van der Waals surface area contributed by atoms with Crippen molar-refractivity contribution in [3.8, 4) is 0 Å². The average Bonchev–Trinajstić information content (AvgIpc) is 2.41. The van der Waals surface area contributed by atoms with Crippen LogP contribution in [0.15, 0.2) is 36.9 Å². The van der Waals surface area contributed by atoms with E-state index in [9.17, 15) is 4.79 Å². The molecular weight excluding hydrogens is 160 g/mol. The van der Waals surface area contributed by atoms with Gasteiger partial charge in [0.25, 0.3) is 0 Å². The zero-order valence-electron chi connectivity index (χ0n) is 7.66. The van der Waals surface area contributed by atoms with Crippen LogP contribution in [0.3, 0.4) is 0 Å². The quantitative estimate of drug-likeness (QED) is 0.595. The second-order valence-corrected chi connectivity index (χ2v) is 3.50. The molecule has 1 aliphatic carbocycles. The lowest BCUT2D eigenvalue weighted by molar-refractivity contribution is 0.0940. The predicted octanol–water partition coefficient (Wildman–Crippen LogP) is 2.79. The van der Waals surface area contributed by atoms with Crippen LogP contribution in [0.5, 0.6) is 0 Å². The summed E-state index contributed by atoms with van der Waals surface area (Å²) in [5, 5.41) is 0. The van der Waals surface area contributed by atoms with Crippen LogP contribution < -0.4 is 0 Å². The molecule has 0 unspecified atom stereocenters. The van der Waals surface area contributed by atoms with Crippen molar-refractivity contribution in [2.24, 2.45) is 5.92 Å². The number of rotatable bonds is 1. The van der Waals surface area contributed by atoms with E-state index in [2.05, 4.69) is 6.58 Å². The zero-order chi connectivity index (χ0) is 9.42. The molecule has 66 valence electrons. The van der Waals surface area contributed by atoms with E-state index < -0.39 is 0 Å². The van der Waals surface area contributed by atoms with Crippen molar-refractivity contribution in [3.05, 3.63) is 48.0 Å². The highest BCUT2D eigenvalue weighted by Crippen LogP contribution is 2.37. The number of allylic oxidation sites excluding steroid dienone is 1. The van der Waals surface area contributed by atoms with Crippen molar-refractivity contribution in [2.45, 2.75) is 12.8 Å². The normalized spacial score (nSPS) is 25.8. The predicted molar refractivity (Wildman–Crippen MR) is 52.9 cm³/mol. The standard InChI is InChI=1S/C12H12O/c1-3-9-8(2)12(13)11-7-5-4-6-10(9)11/h3-9H,1H2,2H3/t8-,9-/m0/s1.